The predicted molar refractivity (Wildman–Crippen MR) is 57.8 cm³/mol. The third-order valence-corrected chi connectivity index (χ3v) is 2.62. The lowest BCUT2D eigenvalue weighted by molar-refractivity contribution is 0.276. The Labute approximate surface area is 89.7 Å². The second kappa shape index (κ2) is 5.21. The van der Waals surface area contributed by atoms with Crippen LogP contribution < -0.4 is 0 Å². The summed E-state index contributed by atoms with van der Waals surface area (Å²) in [7, 11) is 1.97. The zero-order chi connectivity index (χ0) is 11.4. The molecule has 0 saturated heterocycles. The minimum Gasteiger partial charge on any atom is -0.304 e. The summed E-state index contributed by atoms with van der Waals surface area (Å²) < 4.78 is 26.1. The normalized spacial score (nSPS) is 11.4. The van der Waals surface area contributed by atoms with Crippen molar-refractivity contribution in [1.29, 1.82) is 0 Å². The molecular weight excluding hydrogens is 196 g/mol. The second-order valence-electron chi connectivity index (χ2n) is 4.06. The van der Waals surface area contributed by atoms with Crippen LogP contribution in [0, 0.1) is 11.6 Å². The van der Waals surface area contributed by atoms with Crippen LogP contribution in [0.4, 0.5) is 8.78 Å². The Morgan fingerprint density at radius 2 is 1.93 bits per heavy atom. The summed E-state index contributed by atoms with van der Waals surface area (Å²) in [5.41, 5.74) is 0.447. The van der Waals surface area contributed by atoms with Gasteiger partial charge in [0.25, 0.3) is 0 Å². The molecule has 0 spiro atoms. The molecule has 1 aromatic rings. The Morgan fingerprint density at radius 1 is 1.27 bits per heavy atom. The molecule has 0 aromatic heterocycles. The van der Waals surface area contributed by atoms with Crippen LogP contribution in [0.15, 0.2) is 18.2 Å². The van der Waals surface area contributed by atoms with E-state index < -0.39 is 0 Å². The Morgan fingerprint density at radius 3 is 2.53 bits per heavy atom. The zero-order valence-corrected chi connectivity index (χ0v) is 9.43. The first-order valence-electron chi connectivity index (χ1n) is 5.15. The van der Waals surface area contributed by atoms with E-state index in [1.807, 2.05) is 7.05 Å². The Kier molecular flexibility index (Phi) is 4.21. The topological polar surface area (TPSA) is 3.24 Å². The smallest absolute Gasteiger partial charge is 0.126 e. The minimum atomic E-state index is -0.376. The number of hydrogen-bond donors (Lipinski definition) is 0. The van der Waals surface area contributed by atoms with Crippen LogP contribution in [0.3, 0.4) is 0 Å². The maximum Gasteiger partial charge on any atom is 0.126 e. The van der Waals surface area contributed by atoms with Crippen molar-refractivity contribution >= 4 is 0 Å². The summed E-state index contributed by atoms with van der Waals surface area (Å²) in [5, 5.41) is 0. The Bertz CT molecular complexity index is 323. The highest BCUT2D eigenvalue weighted by atomic mass is 19.1. The molecule has 0 atom stereocenters. The van der Waals surface area contributed by atoms with Crippen LogP contribution >= 0.6 is 0 Å². The number of rotatable bonds is 4. The standard InChI is InChI=1S/C12H17F2N/c1-9(2)15(3)7-6-10-8-11(13)4-5-12(10)14/h4-5,8-9H,6-7H2,1-3H3. The number of hydrogen-bond acceptors (Lipinski definition) is 1. The molecule has 1 rings (SSSR count). The molecule has 1 aromatic carbocycles. The van der Waals surface area contributed by atoms with Gasteiger partial charge in [0.05, 0.1) is 0 Å². The lowest BCUT2D eigenvalue weighted by Gasteiger charge is -2.20. The van der Waals surface area contributed by atoms with Crippen molar-refractivity contribution in [3.05, 3.63) is 35.4 Å². The summed E-state index contributed by atoms with van der Waals surface area (Å²) >= 11 is 0. The monoisotopic (exact) mass is 213 g/mol. The molecule has 0 radical (unpaired) electrons. The number of nitrogens with zero attached hydrogens (tertiary/aromatic N) is 1. The van der Waals surface area contributed by atoms with E-state index in [-0.39, 0.29) is 11.6 Å². The van der Waals surface area contributed by atoms with E-state index in [1.54, 1.807) is 0 Å². The van der Waals surface area contributed by atoms with Crippen molar-refractivity contribution in [1.82, 2.24) is 4.90 Å². The van der Waals surface area contributed by atoms with Crippen molar-refractivity contribution < 1.29 is 8.78 Å². The Balaban J connectivity index is 2.61. The molecule has 84 valence electrons. The third-order valence-electron chi connectivity index (χ3n) is 2.62. The molecular formula is C12H17F2N. The Hall–Kier alpha value is -0.960. The second-order valence-corrected chi connectivity index (χ2v) is 4.06. The zero-order valence-electron chi connectivity index (χ0n) is 9.43. The van der Waals surface area contributed by atoms with Crippen LogP contribution in [0.5, 0.6) is 0 Å². The van der Waals surface area contributed by atoms with Gasteiger partial charge < -0.3 is 4.90 Å². The molecule has 0 fully saturated rings. The van der Waals surface area contributed by atoms with Gasteiger partial charge in [-0.2, -0.15) is 0 Å². The van der Waals surface area contributed by atoms with Crippen LogP contribution in [0.2, 0.25) is 0 Å². The minimum absolute atomic E-state index is 0.325. The summed E-state index contributed by atoms with van der Waals surface area (Å²) in [4.78, 5) is 2.10. The van der Waals surface area contributed by atoms with Gasteiger partial charge in [-0.15, -0.1) is 0 Å². The first kappa shape index (κ1) is 12.1. The summed E-state index contributed by atoms with van der Waals surface area (Å²) in [6.07, 6.45) is 0.540. The number of benzene rings is 1. The van der Waals surface area contributed by atoms with E-state index in [4.69, 9.17) is 0 Å². The van der Waals surface area contributed by atoms with Crippen molar-refractivity contribution in [2.75, 3.05) is 13.6 Å². The van der Waals surface area contributed by atoms with E-state index in [0.717, 1.165) is 12.6 Å². The van der Waals surface area contributed by atoms with E-state index >= 15 is 0 Å². The van der Waals surface area contributed by atoms with Crippen molar-refractivity contribution in [2.24, 2.45) is 0 Å². The van der Waals surface area contributed by atoms with Crippen molar-refractivity contribution in [3.8, 4) is 0 Å². The highest BCUT2D eigenvalue weighted by Crippen LogP contribution is 2.11. The molecule has 0 aliphatic rings. The molecule has 0 bridgehead atoms. The lowest BCUT2D eigenvalue weighted by atomic mass is 10.1. The number of halogens is 2. The highest BCUT2D eigenvalue weighted by molar-refractivity contribution is 5.18. The fourth-order valence-electron chi connectivity index (χ4n) is 1.29. The van der Waals surface area contributed by atoms with Gasteiger partial charge in [-0.25, -0.2) is 8.78 Å². The van der Waals surface area contributed by atoms with Crippen LogP contribution in [0.1, 0.15) is 19.4 Å². The van der Waals surface area contributed by atoms with Gasteiger partial charge in [0, 0.05) is 12.6 Å². The maximum atomic E-state index is 13.2. The van der Waals surface area contributed by atoms with Gasteiger partial charge in [0.15, 0.2) is 0 Å². The van der Waals surface area contributed by atoms with Gasteiger partial charge >= 0.3 is 0 Å². The summed E-state index contributed by atoms with van der Waals surface area (Å²) in [6.45, 7) is 4.88. The fraction of sp³-hybridized carbons (Fsp3) is 0.500. The van der Waals surface area contributed by atoms with Gasteiger partial charge in [0.2, 0.25) is 0 Å². The van der Waals surface area contributed by atoms with Crippen LogP contribution in [-0.2, 0) is 6.42 Å². The molecule has 0 unspecified atom stereocenters. The number of likely N-dealkylation sites (N-methyl/N-ethyl adjacent to an activating group) is 1. The molecule has 0 N–H and O–H groups in total. The SMILES string of the molecule is CC(C)N(C)CCc1cc(F)ccc1F. The first-order valence-corrected chi connectivity index (χ1v) is 5.15. The highest BCUT2D eigenvalue weighted by Gasteiger charge is 2.07. The first-order chi connectivity index (χ1) is 7.00. The summed E-state index contributed by atoms with van der Waals surface area (Å²) in [6, 6.07) is 4.01. The van der Waals surface area contributed by atoms with E-state index in [9.17, 15) is 8.78 Å². The molecule has 0 heterocycles. The molecule has 15 heavy (non-hydrogen) atoms. The quantitative estimate of drug-likeness (QED) is 0.743. The largest absolute Gasteiger partial charge is 0.304 e. The predicted octanol–water partition coefficient (Wildman–Crippen LogP) is 2.85. The third kappa shape index (κ3) is 3.59. The van der Waals surface area contributed by atoms with Crippen LogP contribution in [-0.4, -0.2) is 24.5 Å². The average molecular weight is 213 g/mol. The maximum absolute atomic E-state index is 13.2. The van der Waals surface area contributed by atoms with E-state index in [2.05, 4.69) is 18.7 Å². The van der Waals surface area contributed by atoms with E-state index in [0.29, 0.717) is 18.0 Å². The molecule has 1 nitrogen and oxygen atoms in total. The van der Waals surface area contributed by atoms with Crippen molar-refractivity contribution in [2.45, 2.75) is 26.3 Å². The molecule has 3 heteroatoms. The fourth-order valence-corrected chi connectivity index (χ4v) is 1.29. The van der Waals surface area contributed by atoms with E-state index in [1.165, 1.54) is 12.1 Å². The lowest BCUT2D eigenvalue weighted by Crippen LogP contribution is -2.28. The molecule has 0 amide bonds. The van der Waals surface area contributed by atoms with Crippen molar-refractivity contribution in [3.63, 3.8) is 0 Å². The summed E-state index contributed by atoms with van der Waals surface area (Å²) in [5.74, 6) is -0.702. The van der Waals surface area contributed by atoms with Gasteiger partial charge in [-0.3, -0.25) is 0 Å². The van der Waals surface area contributed by atoms with Gasteiger partial charge in [-0.05, 0) is 51.1 Å². The average Bonchev–Trinajstić information content (AvgIpc) is 2.18. The van der Waals surface area contributed by atoms with Crippen LogP contribution in [0.25, 0.3) is 0 Å². The van der Waals surface area contributed by atoms with Gasteiger partial charge in [-0.1, -0.05) is 0 Å². The molecule has 0 saturated carbocycles. The molecule has 0 aliphatic heterocycles. The molecule has 0 aliphatic carbocycles. The van der Waals surface area contributed by atoms with Gasteiger partial charge in [0.1, 0.15) is 11.6 Å².